The van der Waals surface area contributed by atoms with E-state index in [1.807, 2.05) is 87.2 Å². The molecule has 2 bridgehead atoms. The van der Waals surface area contributed by atoms with E-state index in [0.717, 1.165) is 33.6 Å². The van der Waals surface area contributed by atoms with Gasteiger partial charge in [-0.2, -0.15) is 0 Å². The molecule has 0 saturated carbocycles. The van der Waals surface area contributed by atoms with Crippen LogP contribution in [-0.2, 0) is 4.79 Å². The van der Waals surface area contributed by atoms with Crippen LogP contribution in [0.15, 0.2) is 60.7 Å². The number of nitrogens with one attached hydrogen (secondary N) is 2. The lowest BCUT2D eigenvalue weighted by Crippen LogP contribution is -2.72. The van der Waals surface area contributed by atoms with Gasteiger partial charge in [0.25, 0.3) is 0 Å². The maximum atomic E-state index is 14.0. The third-order valence-electron chi connectivity index (χ3n) is 6.89. The van der Waals surface area contributed by atoms with Gasteiger partial charge in [-0.25, -0.2) is 0 Å². The van der Waals surface area contributed by atoms with E-state index in [4.69, 9.17) is 21.7 Å². The molecule has 2 N–H and O–H groups in total. The Hall–Kier alpha value is -3.58. The predicted octanol–water partition coefficient (Wildman–Crippen LogP) is 5.42. The minimum atomic E-state index is -1.06. The van der Waals surface area contributed by atoms with Crippen molar-refractivity contribution in [2.75, 3.05) is 17.3 Å². The van der Waals surface area contributed by atoms with Gasteiger partial charge in [0.05, 0.1) is 13.2 Å². The SMILES string of the molecule is COc1ccc2c(c1)[C@H]1NC(=S)N(c3cccc(C)c3)[C@@](C)(O2)[C@H]1C(=O)Nc1ccc(C)cc1C. The molecule has 1 saturated heterocycles. The molecule has 3 aromatic rings. The van der Waals surface area contributed by atoms with Crippen LogP contribution in [-0.4, -0.2) is 23.9 Å². The Bertz CT molecular complexity index is 1340. The molecule has 180 valence electrons. The first kappa shape index (κ1) is 23.2. The van der Waals surface area contributed by atoms with Crippen LogP contribution in [0.4, 0.5) is 11.4 Å². The van der Waals surface area contributed by atoms with Gasteiger partial charge in [-0.1, -0.05) is 29.8 Å². The Morgan fingerprint density at radius 2 is 1.86 bits per heavy atom. The maximum Gasteiger partial charge on any atom is 0.236 e. The molecular formula is C28H29N3O3S. The van der Waals surface area contributed by atoms with E-state index in [1.54, 1.807) is 7.11 Å². The van der Waals surface area contributed by atoms with Gasteiger partial charge in [-0.3, -0.25) is 9.69 Å². The van der Waals surface area contributed by atoms with Crippen LogP contribution in [0, 0.1) is 26.7 Å². The second kappa shape index (κ2) is 8.57. The summed E-state index contributed by atoms with van der Waals surface area (Å²) in [6.07, 6.45) is 0. The van der Waals surface area contributed by atoms with Gasteiger partial charge in [0.2, 0.25) is 5.91 Å². The average molecular weight is 488 g/mol. The molecule has 1 fully saturated rings. The van der Waals surface area contributed by atoms with E-state index in [-0.39, 0.29) is 5.91 Å². The molecule has 3 aromatic carbocycles. The van der Waals surface area contributed by atoms with Crippen LogP contribution in [0.3, 0.4) is 0 Å². The summed E-state index contributed by atoms with van der Waals surface area (Å²) in [5.74, 6) is 0.625. The number of amides is 1. The van der Waals surface area contributed by atoms with Crippen molar-refractivity contribution in [1.29, 1.82) is 0 Å². The minimum Gasteiger partial charge on any atom is -0.497 e. The fourth-order valence-electron chi connectivity index (χ4n) is 5.21. The highest BCUT2D eigenvalue weighted by Crippen LogP contribution is 2.50. The zero-order chi connectivity index (χ0) is 24.9. The lowest BCUT2D eigenvalue weighted by molar-refractivity contribution is -0.130. The Labute approximate surface area is 211 Å². The van der Waals surface area contributed by atoms with E-state index in [9.17, 15) is 4.79 Å². The van der Waals surface area contributed by atoms with Crippen LogP contribution < -0.4 is 25.0 Å². The molecule has 1 amide bonds. The summed E-state index contributed by atoms with van der Waals surface area (Å²) >= 11 is 5.85. The van der Waals surface area contributed by atoms with Crippen LogP contribution in [0.25, 0.3) is 0 Å². The molecule has 0 spiro atoms. The zero-order valence-electron chi connectivity index (χ0n) is 20.5. The molecule has 35 heavy (non-hydrogen) atoms. The van der Waals surface area contributed by atoms with Gasteiger partial charge < -0.3 is 20.1 Å². The van der Waals surface area contributed by atoms with Crippen LogP contribution >= 0.6 is 12.2 Å². The van der Waals surface area contributed by atoms with Crippen LogP contribution in [0.5, 0.6) is 11.5 Å². The largest absolute Gasteiger partial charge is 0.497 e. The van der Waals surface area contributed by atoms with Crippen molar-refractivity contribution in [3.63, 3.8) is 0 Å². The molecule has 3 atom stereocenters. The Kier molecular flexibility index (Phi) is 5.68. The smallest absolute Gasteiger partial charge is 0.236 e. The predicted molar refractivity (Wildman–Crippen MR) is 142 cm³/mol. The van der Waals surface area contributed by atoms with Crippen LogP contribution in [0.2, 0.25) is 0 Å². The van der Waals surface area contributed by atoms with Gasteiger partial charge in [0.15, 0.2) is 10.8 Å². The third kappa shape index (κ3) is 3.90. The van der Waals surface area contributed by atoms with Crippen molar-refractivity contribution in [2.45, 2.75) is 39.5 Å². The number of nitrogens with zero attached hydrogens (tertiary/aromatic N) is 1. The zero-order valence-corrected chi connectivity index (χ0v) is 21.3. The molecule has 2 heterocycles. The highest BCUT2D eigenvalue weighted by molar-refractivity contribution is 7.80. The second-order valence-electron chi connectivity index (χ2n) is 9.45. The number of carbonyl (C=O) groups excluding carboxylic acids is 1. The molecule has 0 radical (unpaired) electrons. The first-order valence-electron chi connectivity index (χ1n) is 11.6. The summed E-state index contributed by atoms with van der Waals surface area (Å²) in [4.78, 5) is 15.9. The summed E-state index contributed by atoms with van der Waals surface area (Å²) in [5, 5.41) is 7.12. The summed E-state index contributed by atoms with van der Waals surface area (Å²) in [5.41, 5.74) is 4.66. The van der Waals surface area contributed by atoms with Gasteiger partial charge in [-0.15, -0.1) is 0 Å². The highest BCUT2D eigenvalue weighted by atomic mass is 32.1. The normalized spacial score (nSPS) is 22.5. The number of ether oxygens (including phenoxy) is 2. The topological polar surface area (TPSA) is 62.8 Å². The number of hydrogen-bond acceptors (Lipinski definition) is 4. The molecule has 2 aliphatic rings. The van der Waals surface area contributed by atoms with Gasteiger partial charge in [0, 0.05) is 16.9 Å². The number of benzene rings is 3. The van der Waals surface area contributed by atoms with E-state index in [1.165, 1.54) is 0 Å². The summed E-state index contributed by atoms with van der Waals surface area (Å²) in [7, 11) is 1.62. The summed E-state index contributed by atoms with van der Waals surface area (Å²) in [6, 6.07) is 19.3. The molecule has 0 aliphatic carbocycles. The van der Waals surface area contributed by atoms with Crippen LogP contribution in [0.1, 0.15) is 35.2 Å². The van der Waals surface area contributed by atoms with Crippen molar-refractivity contribution < 1.29 is 14.3 Å². The maximum absolute atomic E-state index is 14.0. The van der Waals surface area contributed by atoms with Crippen molar-refractivity contribution in [3.8, 4) is 11.5 Å². The third-order valence-corrected chi connectivity index (χ3v) is 7.19. The molecule has 5 rings (SSSR count). The lowest BCUT2D eigenvalue weighted by Gasteiger charge is -2.56. The van der Waals surface area contributed by atoms with Gasteiger partial charge in [0.1, 0.15) is 17.4 Å². The molecule has 7 heteroatoms. The molecule has 0 unspecified atom stereocenters. The first-order valence-corrected chi connectivity index (χ1v) is 12.0. The molecule has 0 aromatic heterocycles. The molecule has 2 aliphatic heterocycles. The van der Waals surface area contributed by atoms with E-state index >= 15 is 0 Å². The quantitative estimate of drug-likeness (QED) is 0.479. The standard InChI is InChI=1S/C28H29N3O3S/c1-16-7-6-8-19(14-16)31-27(35)30-25-21-15-20(33-5)10-12-23(21)34-28(31,4)24(25)26(32)29-22-11-9-17(2)13-18(22)3/h6-15,24-25H,1-5H3,(H,29,32)(H,30,35)/t24-,25-,28+/m1/s1. The van der Waals surface area contributed by atoms with E-state index in [2.05, 4.69) is 16.7 Å². The second-order valence-corrected chi connectivity index (χ2v) is 9.83. The van der Waals surface area contributed by atoms with E-state index < -0.39 is 17.7 Å². The number of anilines is 2. The van der Waals surface area contributed by atoms with Crippen molar-refractivity contribution in [2.24, 2.45) is 5.92 Å². The number of carbonyl (C=O) groups is 1. The van der Waals surface area contributed by atoms with Crippen molar-refractivity contribution >= 4 is 34.6 Å². The monoisotopic (exact) mass is 487 g/mol. The Morgan fingerprint density at radius 3 is 2.57 bits per heavy atom. The fourth-order valence-corrected chi connectivity index (χ4v) is 5.62. The molecule has 6 nitrogen and oxygen atoms in total. The number of rotatable bonds is 4. The average Bonchev–Trinajstić information content (AvgIpc) is 2.80. The summed E-state index contributed by atoms with van der Waals surface area (Å²) < 4.78 is 12.1. The van der Waals surface area contributed by atoms with Gasteiger partial charge in [-0.05, 0) is 87.4 Å². The number of fused-ring (bicyclic) bond motifs is 4. The Balaban J connectivity index is 1.64. The van der Waals surface area contributed by atoms with Crippen molar-refractivity contribution in [3.05, 3.63) is 82.9 Å². The molecular weight excluding hydrogens is 458 g/mol. The number of methoxy groups -OCH3 is 1. The van der Waals surface area contributed by atoms with Crippen molar-refractivity contribution in [1.82, 2.24) is 5.32 Å². The summed E-state index contributed by atoms with van der Waals surface area (Å²) in [6.45, 7) is 8.00. The first-order chi connectivity index (χ1) is 16.7. The highest BCUT2D eigenvalue weighted by Gasteiger charge is 2.59. The number of hydrogen-bond donors (Lipinski definition) is 2. The number of aryl methyl sites for hydroxylation is 3. The fraction of sp³-hybridized carbons (Fsp3) is 0.286. The van der Waals surface area contributed by atoms with E-state index in [0.29, 0.717) is 16.6 Å². The minimum absolute atomic E-state index is 0.148. The lowest BCUT2D eigenvalue weighted by atomic mass is 9.78. The van der Waals surface area contributed by atoms with Gasteiger partial charge >= 0.3 is 0 Å². The number of thiocarbonyl (C=S) groups is 1. The Morgan fingerprint density at radius 1 is 1.09 bits per heavy atom.